The first kappa shape index (κ1) is 10.2. The second-order valence-corrected chi connectivity index (χ2v) is 3.43. The maximum atomic E-state index is 5.78. The highest BCUT2D eigenvalue weighted by Crippen LogP contribution is 2.24. The van der Waals surface area contributed by atoms with Gasteiger partial charge in [0.05, 0.1) is 13.2 Å². The van der Waals surface area contributed by atoms with E-state index in [0.29, 0.717) is 5.88 Å². The van der Waals surface area contributed by atoms with Gasteiger partial charge >= 0.3 is 0 Å². The minimum absolute atomic E-state index is 0.250. The number of halogens is 1. The summed E-state index contributed by atoms with van der Waals surface area (Å²) in [6.45, 7) is 3.62. The zero-order valence-corrected chi connectivity index (χ0v) is 8.91. The molecule has 4 heteroatoms. The Bertz CT molecular complexity index is 314. The van der Waals surface area contributed by atoms with Crippen molar-refractivity contribution in [3.63, 3.8) is 0 Å². The van der Waals surface area contributed by atoms with Crippen LogP contribution in [0.1, 0.15) is 11.6 Å². The fraction of sp³-hybridized carbons (Fsp3) is 0.222. The van der Waals surface area contributed by atoms with E-state index >= 15 is 0 Å². The van der Waals surface area contributed by atoms with Gasteiger partial charge in [-0.05, 0) is 22.0 Å². The maximum Gasteiger partial charge on any atom is 0.218 e. The Morgan fingerprint density at radius 1 is 1.77 bits per heavy atom. The number of hydrogen-bond donors (Lipinski definition) is 1. The summed E-state index contributed by atoms with van der Waals surface area (Å²) in [7, 11) is 1.57. The molecule has 0 saturated heterocycles. The third kappa shape index (κ3) is 2.29. The number of ether oxygens (including phenoxy) is 1. The van der Waals surface area contributed by atoms with Crippen molar-refractivity contribution >= 4 is 15.9 Å². The standard InChI is InChI=1S/C9H11BrN2O/c1-3-8(11)7-4-6(10)5-12-9(7)13-2/h3-5,8H,1,11H2,2H3/t8-/m0/s1. The van der Waals surface area contributed by atoms with Gasteiger partial charge in [0.15, 0.2) is 0 Å². The lowest BCUT2D eigenvalue weighted by Gasteiger charge is -2.10. The Balaban J connectivity index is 3.14. The molecule has 0 saturated carbocycles. The van der Waals surface area contributed by atoms with Crippen LogP contribution in [-0.4, -0.2) is 12.1 Å². The Labute approximate surface area is 85.7 Å². The second kappa shape index (κ2) is 4.39. The first-order chi connectivity index (χ1) is 6.19. The van der Waals surface area contributed by atoms with Crippen molar-refractivity contribution in [1.29, 1.82) is 0 Å². The molecule has 1 rings (SSSR count). The van der Waals surface area contributed by atoms with Crippen LogP contribution in [0.25, 0.3) is 0 Å². The highest BCUT2D eigenvalue weighted by Gasteiger charge is 2.10. The van der Waals surface area contributed by atoms with Crippen molar-refractivity contribution in [2.75, 3.05) is 7.11 Å². The highest BCUT2D eigenvalue weighted by molar-refractivity contribution is 9.10. The molecule has 0 fully saturated rings. The number of nitrogens with zero attached hydrogens (tertiary/aromatic N) is 1. The predicted molar refractivity (Wildman–Crippen MR) is 55.6 cm³/mol. The van der Waals surface area contributed by atoms with Crippen molar-refractivity contribution in [3.05, 3.63) is 35.0 Å². The zero-order valence-electron chi connectivity index (χ0n) is 7.33. The first-order valence-corrected chi connectivity index (χ1v) is 4.56. The molecular formula is C9H11BrN2O. The van der Waals surface area contributed by atoms with E-state index in [1.165, 1.54) is 0 Å². The number of pyridine rings is 1. The molecule has 3 nitrogen and oxygen atoms in total. The average molecular weight is 243 g/mol. The van der Waals surface area contributed by atoms with Gasteiger partial charge in [-0.25, -0.2) is 4.98 Å². The van der Waals surface area contributed by atoms with Gasteiger partial charge in [0.2, 0.25) is 5.88 Å². The number of methoxy groups -OCH3 is 1. The normalized spacial score (nSPS) is 12.2. The molecule has 0 amide bonds. The fourth-order valence-corrected chi connectivity index (χ4v) is 1.33. The number of hydrogen-bond acceptors (Lipinski definition) is 3. The van der Waals surface area contributed by atoms with E-state index in [2.05, 4.69) is 27.5 Å². The van der Waals surface area contributed by atoms with E-state index in [0.717, 1.165) is 10.0 Å². The van der Waals surface area contributed by atoms with E-state index in [4.69, 9.17) is 10.5 Å². The van der Waals surface area contributed by atoms with E-state index in [-0.39, 0.29) is 6.04 Å². The quantitative estimate of drug-likeness (QED) is 0.826. The van der Waals surface area contributed by atoms with Crippen LogP contribution in [0.2, 0.25) is 0 Å². The lowest BCUT2D eigenvalue weighted by molar-refractivity contribution is 0.391. The molecule has 70 valence electrons. The summed E-state index contributed by atoms with van der Waals surface area (Å²) in [5, 5.41) is 0. The van der Waals surface area contributed by atoms with Crippen molar-refractivity contribution < 1.29 is 4.74 Å². The summed E-state index contributed by atoms with van der Waals surface area (Å²) in [4.78, 5) is 4.07. The maximum absolute atomic E-state index is 5.78. The van der Waals surface area contributed by atoms with Crippen LogP contribution in [0.5, 0.6) is 5.88 Å². The topological polar surface area (TPSA) is 48.1 Å². The summed E-state index contributed by atoms with van der Waals surface area (Å²) < 4.78 is 5.94. The van der Waals surface area contributed by atoms with Gasteiger partial charge in [0.25, 0.3) is 0 Å². The lowest BCUT2D eigenvalue weighted by Crippen LogP contribution is -2.09. The second-order valence-electron chi connectivity index (χ2n) is 2.51. The number of nitrogens with two attached hydrogens (primary N) is 1. The molecule has 1 aromatic heterocycles. The summed E-state index contributed by atoms with van der Waals surface area (Å²) in [6, 6.07) is 1.62. The number of rotatable bonds is 3. The van der Waals surface area contributed by atoms with Gasteiger partial charge in [-0.3, -0.25) is 0 Å². The van der Waals surface area contributed by atoms with E-state index < -0.39 is 0 Å². The summed E-state index contributed by atoms with van der Waals surface area (Å²) in [5.41, 5.74) is 6.61. The highest BCUT2D eigenvalue weighted by atomic mass is 79.9. The van der Waals surface area contributed by atoms with Gasteiger partial charge in [-0.1, -0.05) is 6.08 Å². The van der Waals surface area contributed by atoms with Crippen LogP contribution in [0.15, 0.2) is 29.4 Å². The van der Waals surface area contributed by atoms with Gasteiger partial charge < -0.3 is 10.5 Å². The smallest absolute Gasteiger partial charge is 0.218 e. The van der Waals surface area contributed by atoms with Crippen LogP contribution < -0.4 is 10.5 Å². The molecule has 0 aliphatic carbocycles. The number of aromatic nitrogens is 1. The van der Waals surface area contributed by atoms with Gasteiger partial charge in [0, 0.05) is 16.2 Å². The SMILES string of the molecule is C=C[C@H](N)c1cc(Br)cnc1OC. The molecule has 1 atom stereocenters. The van der Waals surface area contributed by atoms with Crippen molar-refractivity contribution in [2.24, 2.45) is 5.73 Å². The summed E-state index contributed by atoms with van der Waals surface area (Å²) >= 11 is 3.32. The van der Waals surface area contributed by atoms with Crippen LogP contribution in [0.3, 0.4) is 0 Å². The predicted octanol–water partition coefficient (Wildman–Crippen LogP) is 2.04. The minimum Gasteiger partial charge on any atom is -0.481 e. The molecule has 2 N–H and O–H groups in total. The fourth-order valence-electron chi connectivity index (χ4n) is 0.979. The summed E-state index contributed by atoms with van der Waals surface area (Å²) in [5.74, 6) is 0.538. The molecule has 1 heterocycles. The van der Waals surface area contributed by atoms with Crippen LogP contribution in [0.4, 0.5) is 0 Å². The molecule has 0 aliphatic heterocycles. The van der Waals surface area contributed by atoms with Gasteiger partial charge in [-0.15, -0.1) is 6.58 Å². The van der Waals surface area contributed by atoms with Crippen molar-refractivity contribution in [3.8, 4) is 5.88 Å². The molecular weight excluding hydrogens is 232 g/mol. The molecule has 0 unspecified atom stereocenters. The minimum atomic E-state index is -0.250. The lowest BCUT2D eigenvalue weighted by atomic mass is 10.1. The Hall–Kier alpha value is -0.870. The summed E-state index contributed by atoms with van der Waals surface area (Å²) in [6.07, 6.45) is 3.31. The van der Waals surface area contributed by atoms with Crippen molar-refractivity contribution in [1.82, 2.24) is 4.98 Å². The van der Waals surface area contributed by atoms with E-state index in [9.17, 15) is 0 Å². The molecule has 0 spiro atoms. The monoisotopic (exact) mass is 242 g/mol. The Kier molecular flexibility index (Phi) is 3.45. The van der Waals surface area contributed by atoms with Gasteiger partial charge in [-0.2, -0.15) is 0 Å². The first-order valence-electron chi connectivity index (χ1n) is 3.76. The van der Waals surface area contributed by atoms with Crippen molar-refractivity contribution in [2.45, 2.75) is 6.04 Å². The third-order valence-corrected chi connectivity index (χ3v) is 2.09. The van der Waals surface area contributed by atoms with Crippen LogP contribution in [-0.2, 0) is 0 Å². The largest absolute Gasteiger partial charge is 0.481 e. The average Bonchev–Trinajstić information content (AvgIpc) is 2.16. The van der Waals surface area contributed by atoms with Gasteiger partial charge in [0.1, 0.15) is 0 Å². The van der Waals surface area contributed by atoms with E-state index in [1.807, 2.05) is 6.07 Å². The third-order valence-electron chi connectivity index (χ3n) is 1.65. The van der Waals surface area contributed by atoms with Crippen LogP contribution >= 0.6 is 15.9 Å². The molecule has 0 aliphatic rings. The molecule has 0 radical (unpaired) electrons. The van der Waals surface area contributed by atoms with Crippen LogP contribution in [0, 0.1) is 0 Å². The molecule has 0 aromatic carbocycles. The zero-order chi connectivity index (χ0) is 9.84. The molecule has 13 heavy (non-hydrogen) atoms. The Morgan fingerprint density at radius 2 is 2.46 bits per heavy atom. The van der Waals surface area contributed by atoms with E-state index in [1.54, 1.807) is 19.4 Å². The molecule has 1 aromatic rings. The Morgan fingerprint density at radius 3 is 3.00 bits per heavy atom. The molecule has 0 bridgehead atoms.